The van der Waals surface area contributed by atoms with Crippen LogP contribution >= 0.6 is 0 Å². The van der Waals surface area contributed by atoms with Gasteiger partial charge in [0.25, 0.3) is 0 Å². The van der Waals surface area contributed by atoms with Crippen LogP contribution in [0, 0.1) is 0 Å². The summed E-state index contributed by atoms with van der Waals surface area (Å²) in [4.78, 5) is 0. The van der Waals surface area contributed by atoms with Crippen molar-refractivity contribution in [3.63, 3.8) is 0 Å². The summed E-state index contributed by atoms with van der Waals surface area (Å²) in [5.74, 6) is 1.69. The van der Waals surface area contributed by atoms with Gasteiger partial charge in [0.15, 0.2) is 0 Å². The van der Waals surface area contributed by atoms with Crippen molar-refractivity contribution in [2.45, 2.75) is 0 Å². The van der Waals surface area contributed by atoms with E-state index in [1.807, 2.05) is 0 Å². The summed E-state index contributed by atoms with van der Waals surface area (Å²) in [6, 6.07) is 38.7. The molecule has 0 saturated heterocycles. The quantitative estimate of drug-likeness (QED) is 0.200. The number of benzene rings is 8. The molecule has 0 aliphatic carbocycles. The van der Waals surface area contributed by atoms with Crippen molar-refractivity contribution in [1.29, 1.82) is 0 Å². The van der Waals surface area contributed by atoms with Gasteiger partial charge in [-0.1, -0.05) is 97.1 Å². The van der Waals surface area contributed by atoms with Crippen molar-refractivity contribution < 1.29 is 9.31 Å². The molecular weight excluding hydrogens is 427 g/mol. The van der Waals surface area contributed by atoms with Gasteiger partial charge in [-0.05, 0) is 55.2 Å². The minimum absolute atomic E-state index is 0.140. The predicted molar refractivity (Wildman–Crippen MR) is 149 cm³/mol. The Balaban J connectivity index is 1.23. The summed E-state index contributed by atoms with van der Waals surface area (Å²) in [6.45, 7) is 0. The molecule has 35 heavy (non-hydrogen) atoms. The molecule has 0 atom stereocenters. The van der Waals surface area contributed by atoms with E-state index in [4.69, 9.17) is 9.31 Å². The molecule has 0 spiro atoms. The maximum atomic E-state index is 6.32. The maximum Gasteiger partial charge on any atom is 0.576 e. The van der Waals surface area contributed by atoms with E-state index in [1.54, 1.807) is 0 Å². The minimum Gasteiger partial charge on any atom is -0.528 e. The normalized spacial score (nSPS) is 12.0. The Kier molecular flexibility index (Phi) is 3.78. The molecule has 0 aliphatic heterocycles. The fourth-order valence-corrected chi connectivity index (χ4v) is 5.85. The van der Waals surface area contributed by atoms with Crippen molar-refractivity contribution in [3.05, 3.63) is 109 Å². The Morgan fingerprint density at radius 1 is 0.371 bits per heavy atom. The highest BCUT2D eigenvalue weighted by molar-refractivity contribution is 6.28. The number of hydrogen-bond donors (Lipinski definition) is 0. The zero-order valence-electron chi connectivity index (χ0n) is 18.9. The highest BCUT2D eigenvalue weighted by atomic mass is 16.6. The van der Waals surface area contributed by atoms with Gasteiger partial charge in [-0.3, -0.25) is 0 Å². The van der Waals surface area contributed by atoms with Crippen LogP contribution in [0.15, 0.2) is 109 Å². The van der Waals surface area contributed by atoms with Crippen LogP contribution in [0.25, 0.3) is 64.6 Å². The molecule has 0 amide bonds. The number of hydrogen-bond acceptors (Lipinski definition) is 2. The first-order valence-electron chi connectivity index (χ1n) is 11.9. The van der Waals surface area contributed by atoms with Crippen molar-refractivity contribution in [3.8, 4) is 11.5 Å². The zero-order chi connectivity index (χ0) is 22.9. The minimum atomic E-state index is 0.140. The summed E-state index contributed by atoms with van der Waals surface area (Å²) < 4.78 is 12.6. The third kappa shape index (κ3) is 2.67. The third-order valence-electron chi connectivity index (χ3n) is 7.37. The van der Waals surface area contributed by atoms with Crippen LogP contribution < -0.4 is 9.31 Å². The van der Waals surface area contributed by atoms with Crippen LogP contribution in [-0.4, -0.2) is 7.69 Å². The molecule has 0 radical (unpaired) electrons. The van der Waals surface area contributed by atoms with Gasteiger partial charge >= 0.3 is 7.69 Å². The van der Waals surface area contributed by atoms with Gasteiger partial charge in [0.1, 0.15) is 11.5 Å². The van der Waals surface area contributed by atoms with E-state index < -0.39 is 0 Å². The zero-order valence-corrected chi connectivity index (χ0v) is 18.9. The Morgan fingerprint density at radius 2 is 0.743 bits per heavy atom. The average molecular weight is 446 g/mol. The van der Waals surface area contributed by atoms with Crippen LogP contribution in [0.3, 0.4) is 0 Å². The van der Waals surface area contributed by atoms with E-state index >= 15 is 0 Å². The Hall–Kier alpha value is -4.50. The van der Waals surface area contributed by atoms with Gasteiger partial charge in [-0.2, -0.15) is 0 Å². The Bertz CT molecular complexity index is 1890. The van der Waals surface area contributed by atoms with Crippen molar-refractivity contribution >= 4 is 72.3 Å². The number of rotatable bonds is 4. The lowest BCUT2D eigenvalue weighted by Crippen LogP contribution is -2.11. The van der Waals surface area contributed by atoms with E-state index in [2.05, 4.69) is 109 Å². The van der Waals surface area contributed by atoms with Gasteiger partial charge in [0.05, 0.1) is 0 Å². The van der Waals surface area contributed by atoms with Crippen molar-refractivity contribution in [1.82, 2.24) is 0 Å². The first kappa shape index (κ1) is 18.9. The summed E-state index contributed by atoms with van der Waals surface area (Å²) in [5.41, 5.74) is 0. The summed E-state index contributed by atoms with van der Waals surface area (Å²) in [5, 5.41) is 14.6. The van der Waals surface area contributed by atoms with Crippen LogP contribution in [0.4, 0.5) is 0 Å². The molecule has 8 aromatic rings. The molecule has 0 saturated carbocycles. The Morgan fingerprint density at radius 3 is 1.20 bits per heavy atom. The molecule has 162 valence electrons. The van der Waals surface area contributed by atoms with Crippen LogP contribution in [0.2, 0.25) is 0 Å². The molecule has 0 N–H and O–H groups in total. The lowest BCUT2D eigenvalue weighted by molar-refractivity contribution is 0.465. The molecule has 3 heteroatoms. The molecule has 8 rings (SSSR count). The van der Waals surface area contributed by atoms with Crippen LogP contribution in [0.5, 0.6) is 11.5 Å². The monoisotopic (exact) mass is 446 g/mol. The summed E-state index contributed by atoms with van der Waals surface area (Å²) in [7, 11) is 0.140. The lowest BCUT2D eigenvalue weighted by Gasteiger charge is -2.17. The van der Waals surface area contributed by atoms with E-state index in [0.717, 1.165) is 22.3 Å². The SMILES string of the molecule is B(Oc1cc2cccc3ccc4cccc1c4c32)Oc1cc2cccc3ccc4cccc1c4c32. The molecule has 2 nitrogen and oxygen atoms in total. The van der Waals surface area contributed by atoms with Crippen molar-refractivity contribution in [2.24, 2.45) is 0 Å². The fourth-order valence-electron chi connectivity index (χ4n) is 5.85. The fraction of sp³-hybridized carbons (Fsp3) is 0. The van der Waals surface area contributed by atoms with Gasteiger partial charge < -0.3 is 9.31 Å². The second kappa shape index (κ2) is 7.00. The molecule has 0 heterocycles. The maximum absolute atomic E-state index is 6.32. The molecule has 0 bridgehead atoms. The lowest BCUT2D eigenvalue weighted by atomic mass is 9.93. The predicted octanol–water partition coefficient (Wildman–Crippen LogP) is 8.21. The standard InChI is InChI=1S/C32H19BO2/c1-5-19-13-15-21-7-3-11-25-27(17-23(9-1)29(19)31(21)25)34-33-35-28-18-24-10-2-6-20-14-16-22-8-4-12-26(28)32(22)30(20)24/h1-18,33H. The average Bonchev–Trinajstić information content (AvgIpc) is 2.91. The summed E-state index contributed by atoms with van der Waals surface area (Å²) >= 11 is 0. The Labute approximate surface area is 202 Å². The van der Waals surface area contributed by atoms with Crippen molar-refractivity contribution in [2.75, 3.05) is 0 Å². The van der Waals surface area contributed by atoms with Gasteiger partial charge in [0, 0.05) is 21.5 Å². The topological polar surface area (TPSA) is 18.5 Å². The van der Waals surface area contributed by atoms with Gasteiger partial charge in [-0.25, -0.2) is 0 Å². The smallest absolute Gasteiger partial charge is 0.528 e. The first-order valence-corrected chi connectivity index (χ1v) is 11.9. The second-order valence-electron chi connectivity index (χ2n) is 9.25. The molecule has 8 aromatic carbocycles. The van der Waals surface area contributed by atoms with E-state index in [1.165, 1.54) is 53.9 Å². The molecule has 0 unspecified atom stereocenters. The third-order valence-corrected chi connectivity index (χ3v) is 7.37. The second-order valence-corrected chi connectivity index (χ2v) is 9.25. The van der Waals surface area contributed by atoms with E-state index in [-0.39, 0.29) is 7.69 Å². The largest absolute Gasteiger partial charge is 0.576 e. The highest BCUT2D eigenvalue weighted by Crippen LogP contribution is 2.41. The van der Waals surface area contributed by atoms with Gasteiger partial charge in [-0.15, -0.1) is 0 Å². The van der Waals surface area contributed by atoms with Gasteiger partial charge in [0.2, 0.25) is 0 Å². The van der Waals surface area contributed by atoms with Crippen LogP contribution in [-0.2, 0) is 0 Å². The first-order chi connectivity index (χ1) is 17.3. The van der Waals surface area contributed by atoms with Crippen LogP contribution in [0.1, 0.15) is 0 Å². The molecular formula is C32H19BO2. The molecule has 0 aliphatic rings. The molecule has 0 fully saturated rings. The van der Waals surface area contributed by atoms with E-state index in [9.17, 15) is 0 Å². The van der Waals surface area contributed by atoms with E-state index in [0.29, 0.717) is 0 Å². The highest BCUT2D eigenvalue weighted by Gasteiger charge is 2.15. The molecule has 0 aromatic heterocycles. The summed E-state index contributed by atoms with van der Waals surface area (Å²) in [6.07, 6.45) is 0.